The minimum Gasteiger partial charge on any atom is -0.480 e. The zero-order chi connectivity index (χ0) is 26.6. The van der Waals surface area contributed by atoms with Crippen molar-refractivity contribution in [3.63, 3.8) is 0 Å². The number of carbonyl (C=O) groups is 1. The van der Waals surface area contributed by atoms with Gasteiger partial charge in [-0.15, -0.1) is 0 Å². The highest BCUT2D eigenvalue weighted by Gasteiger charge is 2.53. The Morgan fingerprint density at radius 1 is 1.08 bits per heavy atom. The molecule has 3 unspecified atom stereocenters. The van der Waals surface area contributed by atoms with E-state index in [2.05, 4.69) is 4.98 Å². The Hall–Kier alpha value is -3.12. The van der Waals surface area contributed by atoms with Gasteiger partial charge in [-0.3, -0.25) is 14.3 Å². The largest absolute Gasteiger partial charge is 0.480 e. The minimum absolute atomic E-state index is 0.00697. The summed E-state index contributed by atoms with van der Waals surface area (Å²) in [6, 6.07) is 15.2. The number of hydrogen-bond donors (Lipinski definition) is 3. The summed E-state index contributed by atoms with van der Waals surface area (Å²) in [6.45, 7) is 6.76. The van der Waals surface area contributed by atoms with Gasteiger partial charge in [-0.25, -0.2) is 4.39 Å². The summed E-state index contributed by atoms with van der Waals surface area (Å²) in [5.74, 6) is -2.26. The zero-order valence-corrected chi connectivity index (χ0v) is 21.7. The van der Waals surface area contributed by atoms with Crippen LogP contribution in [0.1, 0.15) is 38.8 Å². The molecule has 6 nitrogen and oxygen atoms in total. The Morgan fingerprint density at radius 3 is 2.17 bits per heavy atom. The second-order valence-corrected chi connectivity index (χ2v) is 10.4. The third-order valence-electron chi connectivity index (χ3n) is 6.23. The number of aliphatic carboxylic acids is 1. The maximum absolute atomic E-state index is 13.9. The van der Waals surface area contributed by atoms with Crippen molar-refractivity contribution in [1.29, 1.82) is 0 Å². The van der Waals surface area contributed by atoms with Crippen LogP contribution in [-0.4, -0.2) is 37.3 Å². The molecule has 36 heavy (non-hydrogen) atoms. The second-order valence-electron chi connectivity index (χ2n) is 9.02. The fourth-order valence-electron chi connectivity index (χ4n) is 4.56. The van der Waals surface area contributed by atoms with Gasteiger partial charge in [-0.05, 0) is 53.7 Å². The molecule has 1 heterocycles. The van der Waals surface area contributed by atoms with Crippen LogP contribution in [0.5, 0.6) is 0 Å². The van der Waals surface area contributed by atoms with E-state index in [0.29, 0.717) is 28.8 Å². The maximum Gasteiger partial charge on any atom is 0.326 e. The molecule has 0 saturated heterocycles. The van der Waals surface area contributed by atoms with E-state index in [4.69, 9.17) is 0 Å². The Bertz CT molecular complexity index is 1270. The molecule has 3 N–H and O–H groups in total. The van der Waals surface area contributed by atoms with Gasteiger partial charge in [0.15, 0.2) is 5.16 Å². The van der Waals surface area contributed by atoms with E-state index in [1.807, 2.05) is 51.1 Å². The summed E-state index contributed by atoms with van der Waals surface area (Å²) < 4.78 is 26.6. The molecule has 0 saturated carbocycles. The smallest absolute Gasteiger partial charge is 0.326 e. The lowest BCUT2D eigenvalue weighted by Crippen LogP contribution is -2.46. The van der Waals surface area contributed by atoms with Crippen molar-refractivity contribution >= 4 is 19.6 Å². The van der Waals surface area contributed by atoms with Crippen molar-refractivity contribution in [2.45, 2.75) is 45.4 Å². The third-order valence-corrected chi connectivity index (χ3v) is 7.81. The topological polar surface area (TPSA) is 108 Å². The van der Waals surface area contributed by atoms with E-state index in [1.165, 1.54) is 25.3 Å². The number of pyridine rings is 1. The van der Waals surface area contributed by atoms with Crippen molar-refractivity contribution < 1.29 is 28.9 Å². The van der Waals surface area contributed by atoms with E-state index in [9.17, 15) is 28.9 Å². The fraction of sp³-hybridized carbons (Fsp3) is 0.286. The lowest BCUT2D eigenvalue weighted by atomic mass is 9.80. The first-order valence-corrected chi connectivity index (χ1v) is 13.1. The molecule has 2 aromatic carbocycles. The first kappa shape index (κ1) is 27.5. The Labute approximate surface area is 211 Å². The summed E-state index contributed by atoms with van der Waals surface area (Å²) in [6.07, 6.45) is 1.89. The lowest BCUT2D eigenvalue weighted by molar-refractivity contribution is -0.141. The van der Waals surface area contributed by atoms with Gasteiger partial charge in [0.1, 0.15) is 5.82 Å². The molecule has 0 aliphatic carbocycles. The molecular weight excluding hydrogens is 480 g/mol. The van der Waals surface area contributed by atoms with Gasteiger partial charge in [0.25, 0.3) is 0 Å². The van der Waals surface area contributed by atoms with Crippen molar-refractivity contribution in [1.82, 2.24) is 4.98 Å². The van der Waals surface area contributed by atoms with Gasteiger partial charge in [0, 0.05) is 17.3 Å². The summed E-state index contributed by atoms with van der Waals surface area (Å²) >= 11 is 0. The van der Waals surface area contributed by atoms with E-state index in [-0.39, 0.29) is 11.5 Å². The van der Waals surface area contributed by atoms with Gasteiger partial charge in [-0.1, -0.05) is 69.3 Å². The number of halogens is 1. The van der Waals surface area contributed by atoms with Crippen LogP contribution in [0, 0.1) is 11.7 Å². The number of hydrogen-bond acceptors (Lipinski definition) is 4. The normalized spacial score (nSPS) is 15.4. The molecule has 0 aliphatic rings. The number of aromatic nitrogens is 1. The van der Waals surface area contributed by atoms with E-state index in [1.54, 1.807) is 18.2 Å². The molecular formula is C28H31FNO5P. The van der Waals surface area contributed by atoms with Gasteiger partial charge >= 0.3 is 5.97 Å². The second kappa shape index (κ2) is 11.3. The fourth-order valence-corrected chi connectivity index (χ4v) is 5.55. The zero-order valence-electron chi connectivity index (χ0n) is 20.7. The quantitative estimate of drug-likeness (QED) is 0.312. The number of carboxylic acid groups (broad SMARTS) is 1. The number of carboxylic acids is 1. The van der Waals surface area contributed by atoms with Gasteiger partial charge in [-0.2, -0.15) is 0 Å². The van der Waals surface area contributed by atoms with Crippen molar-refractivity contribution in [3.8, 4) is 22.4 Å². The molecule has 1 aromatic heterocycles. The van der Waals surface area contributed by atoms with Gasteiger partial charge in [0.05, 0.1) is 11.8 Å². The van der Waals surface area contributed by atoms with Crippen LogP contribution in [0.4, 0.5) is 4.39 Å². The first-order valence-electron chi connectivity index (χ1n) is 11.8. The highest BCUT2D eigenvalue weighted by molar-refractivity contribution is 7.42. The van der Waals surface area contributed by atoms with E-state index in [0.717, 1.165) is 11.1 Å². The molecule has 3 aromatic rings. The van der Waals surface area contributed by atoms with Gasteiger partial charge in [0.2, 0.25) is 8.03 Å². The Morgan fingerprint density at radius 2 is 1.69 bits per heavy atom. The Kier molecular flexibility index (Phi) is 8.62. The van der Waals surface area contributed by atoms with Crippen LogP contribution in [0.3, 0.4) is 0 Å². The van der Waals surface area contributed by atoms with Crippen LogP contribution < -0.4 is 0 Å². The third kappa shape index (κ3) is 5.05. The average Bonchev–Trinajstić information content (AvgIpc) is 2.83. The number of aliphatic hydroxyl groups excluding tert-OH is 1. The monoisotopic (exact) mass is 511 g/mol. The van der Waals surface area contributed by atoms with Crippen LogP contribution in [0.25, 0.3) is 28.0 Å². The molecule has 8 heteroatoms. The number of benzene rings is 2. The molecule has 0 bridgehead atoms. The predicted molar refractivity (Wildman–Crippen MR) is 141 cm³/mol. The van der Waals surface area contributed by atoms with E-state index < -0.39 is 31.1 Å². The summed E-state index contributed by atoms with van der Waals surface area (Å²) in [5, 5.41) is 18.5. The maximum atomic E-state index is 13.9. The van der Waals surface area contributed by atoms with E-state index >= 15 is 0 Å². The minimum atomic E-state index is -3.86. The number of rotatable bonds is 9. The predicted octanol–water partition coefficient (Wildman–Crippen LogP) is 5.83. The molecule has 0 aliphatic heterocycles. The molecule has 0 radical (unpaired) electrons. The molecule has 3 rings (SSSR count). The van der Waals surface area contributed by atoms with Crippen LogP contribution >= 0.6 is 8.03 Å². The molecule has 0 fully saturated rings. The molecule has 3 atom stereocenters. The highest BCUT2D eigenvalue weighted by Crippen LogP contribution is 2.51. The average molecular weight is 512 g/mol. The van der Waals surface area contributed by atoms with Crippen LogP contribution in [0.15, 0.2) is 66.9 Å². The summed E-state index contributed by atoms with van der Waals surface area (Å²) in [4.78, 5) is 27.7. The Balaban J connectivity index is 2.53. The number of nitrogens with zero attached hydrogens (tertiary/aromatic N) is 1. The molecule has 190 valence electrons. The number of aliphatic hydroxyl groups is 1. The van der Waals surface area contributed by atoms with Gasteiger partial charge < -0.3 is 15.1 Å². The van der Waals surface area contributed by atoms with Crippen molar-refractivity contribution in [2.24, 2.45) is 5.92 Å². The first-order chi connectivity index (χ1) is 17.0. The standard InChI is InChI=1S/C28H31FNO5P/c1-5-22-25(19-11-13-21(29)14-12-19)23(16-30-26(22)20-9-7-6-8-10-20)24(15-17(2)3)28(18(4)31,27(32)33)36(34)35/h6-18,31,36H,5H2,1-4H3,(H,32,33)(H,34,35). The van der Waals surface area contributed by atoms with Crippen LogP contribution in [-0.2, 0) is 15.8 Å². The molecule has 0 spiro atoms. The number of allylic oxidation sites excluding steroid dienone is 1. The van der Waals surface area contributed by atoms with Crippen LogP contribution in [0.2, 0.25) is 0 Å². The SMILES string of the molecule is CCc1c(-c2ccccc2)ncc(C(=CC(C)C)C(C(=O)O)(C(C)O)[PH](=O)O)c1-c1ccc(F)cc1. The summed E-state index contributed by atoms with van der Waals surface area (Å²) in [7, 11) is -3.86. The molecule has 0 amide bonds. The highest BCUT2D eigenvalue weighted by atomic mass is 31.1. The van der Waals surface area contributed by atoms with Crippen molar-refractivity contribution in [2.75, 3.05) is 0 Å². The van der Waals surface area contributed by atoms with Crippen molar-refractivity contribution in [3.05, 3.63) is 83.8 Å². The summed E-state index contributed by atoms with van der Waals surface area (Å²) in [5.41, 5.74) is 3.76. The lowest BCUT2D eigenvalue weighted by Gasteiger charge is -2.34.